The molecule has 14 heavy (non-hydrogen) atoms. The Hall–Kier alpha value is -0.540. The maximum absolute atomic E-state index is 12.5. The lowest BCUT2D eigenvalue weighted by Gasteiger charge is -2.27. The van der Waals surface area contributed by atoms with Gasteiger partial charge in [-0.25, -0.2) is 12.8 Å². The second-order valence-electron chi connectivity index (χ2n) is 2.36. The zero-order chi connectivity index (χ0) is 12.0. The fourth-order valence-corrected chi connectivity index (χ4v) is 1.42. The van der Waals surface area contributed by atoms with Crippen LogP contribution in [-0.4, -0.2) is 32.0 Å². The quantitative estimate of drug-likeness (QED) is 0.663. The number of rotatable bonds is 1. The average molecular weight is 248 g/mol. The van der Waals surface area contributed by atoms with E-state index in [-0.39, 0.29) is 0 Å². The maximum atomic E-state index is 12.5. The van der Waals surface area contributed by atoms with Gasteiger partial charge in [-0.3, -0.25) is 0 Å². The van der Waals surface area contributed by atoms with Gasteiger partial charge < -0.3 is 0 Å². The molecule has 0 atom stereocenters. The molecular weight excluding hydrogens is 245 g/mol. The first-order valence-electron chi connectivity index (χ1n) is 2.77. The molecule has 2 nitrogen and oxygen atoms in total. The molecule has 0 aliphatic rings. The molecule has 0 bridgehead atoms. The molecule has 0 aliphatic carbocycles. The molecule has 0 aliphatic heterocycles. The van der Waals surface area contributed by atoms with Gasteiger partial charge in [0.1, 0.15) is 0 Å². The minimum atomic E-state index is -6.56. The predicted octanol–water partition coefficient (Wildman–Crippen LogP) is 1.82. The number of sulfone groups is 1. The van der Waals surface area contributed by atoms with E-state index in [9.17, 15) is 39.2 Å². The molecule has 0 radical (unpaired) electrons. The minimum Gasteiger partial charge on any atom is -0.225 e. The van der Waals surface area contributed by atoms with Crippen molar-refractivity contribution >= 4 is 9.84 Å². The third kappa shape index (κ3) is 1.79. The summed E-state index contributed by atoms with van der Waals surface area (Å²) in [5, 5.41) is -6.22. The molecule has 0 unspecified atom stereocenters. The van der Waals surface area contributed by atoms with E-state index in [2.05, 4.69) is 0 Å². The van der Waals surface area contributed by atoms with Crippen molar-refractivity contribution in [3.63, 3.8) is 0 Å². The molecule has 0 aromatic heterocycles. The highest BCUT2D eigenvalue weighted by atomic mass is 32.2. The molecule has 0 saturated carbocycles. The Kier molecular flexibility index (Phi) is 2.86. The van der Waals surface area contributed by atoms with Gasteiger partial charge >= 0.3 is 17.4 Å². The van der Waals surface area contributed by atoms with E-state index >= 15 is 0 Å². The monoisotopic (exact) mass is 248 g/mol. The Bertz CT molecular complexity index is 296. The summed E-state index contributed by atoms with van der Waals surface area (Å²) in [6, 6.07) is 0. The van der Waals surface area contributed by atoms with E-state index in [0.717, 1.165) is 0 Å². The summed E-state index contributed by atoms with van der Waals surface area (Å²) in [6.07, 6.45) is -13.6. The van der Waals surface area contributed by atoms with Crippen LogP contribution in [-0.2, 0) is 9.84 Å². The number of alkyl halides is 7. The summed E-state index contributed by atoms with van der Waals surface area (Å²) in [6.45, 7) is 0. The molecule has 0 heterocycles. The second-order valence-corrected chi connectivity index (χ2v) is 4.47. The smallest absolute Gasteiger partial charge is 0.225 e. The fourth-order valence-electron chi connectivity index (χ4n) is 0.581. The summed E-state index contributed by atoms with van der Waals surface area (Å²) in [7, 11) is -6.00. The van der Waals surface area contributed by atoms with Gasteiger partial charge in [0.2, 0.25) is 9.84 Å². The summed E-state index contributed by atoms with van der Waals surface area (Å²) < 4.78 is 102. The summed E-state index contributed by atoms with van der Waals surface area (Å²) in [5.41, 5.74) is 0. The van der Waals surface area contributed by atoms with Gasteiger partial charge in [-0.05, 0) is 0 Å². The van der Waals surface area contributed by atoms with Crippen molar-refractivity contribution in [1.29, 1.82) is 0 Å². The van der Waals surface area contributed by atoms with Gasteiger partial charge in [-0.15, -0.1) is 0 Å². The lowest BCUT2D eigenvalue weighted by atomic mass is 10.3. The molecule has 0 N–H and O–H groups in total. The van der Waals surface area contributed by atoms with Gasteiger partial charge in [-0.2, -0.15) is 26.3 Å². The second kappa shape index (κ2) is 2.97. The van der Waals surface area contributed by atoms with E-state index in [0.29, 0.717) is 0 Å². The largest absolute Gasteiger partial charge is 0.446 e. The van der Waals surface area contributed by atoms with E-state index in [1.807, 2.05) is 0 Å². The molecule has 0 fully saturated rings. The molecule has 86 valence electrons. The molecule has 0 amide bonds. The van der Waals surface area contributed by atoms with Crippen LogP contribution in [0.3, 0.4) is 0 Å². The molecule has 0 spiro atoms. The van der Waals surface area contributed by atoms with Crippen molar-refractivity contribution in [2.24, 2.45) is 0 Å². The van der Waals surface area contributed by atoms with Crippen molar-refractivity contribution < 1.29 is 39.2 Å². The van der Waals surface area contributed by atoms with Crippen LogP contribution in [0.25, 0.3) is 0 Å². The standard InChI is InChI=1S/C4H3F7O2S/c1-14(12,13)2(5,3(6,7)8)4(9,10)11/h1H3. The third-order valence-electron chi connectivity index (χ3n) is 1.24. The molecule has 0 aromatic rings. The van der Waals surface area contributed by atoms with Crippen LogP contribution in [0.4, 0.5) is 30.7 Å². The van der Waals surface area contributed by atoms with Crippen LogP contribution in [0, 0.1) is 0 Å². The first-order chi connectivity index (χ1) is 5.75. The van der Waals surface area contributed by atoms with E-state index < -0.39 is 33.4 Å². The summed E-state index contributed by atoms with van der Waals surface area (Å²) in [4.78, 5) is 0. The van der Waals surface area contributed by atoms with Crippen molar-refractivity contribution in [3.05, 3.63) is 0 Å². The Morgan fingerprint density at radius 2 is 1.00 bits per heavy atom. The van der Waals surface area contributed by atoms with Crippen molar-refractivity contribution in [3.8, 4) is 0 Å². The van der Waals surface area contributed by atoms with E-state index in [1.54, 1.807) is 0 Å². The van der Waals surface area contributed by atoms with Crippen molar-refractivity contribution in [2.75, 3.05) is 6.26 Å². The van der Waals surface area contributed by atoms with Crippen molar-refractivity contribution in [2.45, 2.75) is 17.4 Å². The van der Waals surface area contributed by atoms with Gasteiger partial charge in [0.15, 0.2) is 0 Å². The fraction of sp³-hybridized carbons (Fsp3) is 1.00. The Labute approximate surface area is 73.6 Å². The van der Waals surface area contributed by atoms with Crippen LogP contribution < -0.4 is 0 Å². The maximum Gasteiger partial charge on any atom is 0.446 e. The van der Waals surface area contributed by atoms with Crippen molar-refractivity contribution in [1.82, 2.24) is 0 Å². The van der Waals surface area contributed by atoms with Gasteiger partial charge in [0, 0.05) is 6.26 Å². The molecule has 0 rings (SSSR count). The molecule has 10 heteroatoms. The van der Waals surface area contributed by atoms with Crippen LogP contribution in [0.15, 0.2) is 0 Å². The highest BCUT2D eigenvalue weighted by Crippen LogP contribution is 2.49. The number of hydrogen-bond donors (Lipinski definition) is 0. The first-order valence-corrected chi connectivity index (χ1v) is 4.66. The number of halogens is 7. The van der Waals surface area contributed by atoms with Gasteiger partial charge in [0.05, 0.1) is 0 Å². The molecular formula is C4H3F7O2S. The normalized spacial score (nSPS) is 15.7. The average Bonchev–Trinajstić information content (AvgIpc) is 1.77. The van der Waals surface area contributed by atoms with Crippen LogP contribution in [0.2, 0.25) is 0 Å². The molecule has 0 aromatic carbocycles. The first kappa shape index (κ1) is 13.5. The third-order valence-corrected chi connectivity index (χ3v) is 2.72. The number of hydrogen-bond acceptors (Lipinski definition) is 2. The topological polar surface area (TPSA) is 34.1 Å². The van der Waals surface area contributed by atoms with E-state index in [4.69, 9.17) is 0 Å². The predicted molar refractivity (Wildman–Crippen MR) is 30.8 cm³/mol. The lowest BCUT2D eigenvalue weighted by Crippen LogP contribution is -2.58. The highest BCUT2D eigenvalue weighted by Gasteiger charge is 2.79. The van der Waals surface area contributed by atoms with Crippen LogP contribution in [0.1, 0.15) is 0 Å². The Morgan fingerprint density at radius 1 is 0.786 bits per heavy atom. The Balaban J connectivity index is 5.81. The lowest BCUT2D eigenvalue weighted by molar-refractivity contribution is -0.305. The minimum absolute atomic E-state index is 0.478. The zero-order valence-electron chi connectivity index (χ0n) is 6.37. The highest BCUT2D eigenvalue weighted by molar-refractivity contribution is 7.92. The molecule has 0 saturated heterocycles. The SMILES string of the molecule is CS(=O)(=O)C(F)(C(F)(F)F)C(F)(F)F. The van der Waals surface area contributed by atoms with E-state index in [1.165, 1.54) is 0 Å². The van der Waals surface area contributed by atoms with Crippen LogP contribution >= 0.6 is 0 Å². The summed E-state index contributed by atoms with van der Waals surface area (Å²) >= 11 is 0. The summed E-state index contributed by atoms with van der Waals surface area (Å²) in [5.74, 6) is 0. The van der Waals surface area contributed by atoms with Gasteiger partial charge in [-0.1, -0.05) is 0 Å². The zero-order valence-corrected chi connectivity index (χ0v) is 7.19. The van der Waals surface area contributed by atoms with Crippen LogP contribution in [0.5, 0.6) is 0 Å². The Morgan fingerprint density at radius 3 is 1.00 bits per heavy atom. The van der Waals surface area contributed by atoms with Gasteiger partial charge in [0.25, 0.3) is 0 Å².